The zero-order chi connectivity index (χ0) is 28.6. The van der Waals surface area contributed by atoms with Crippen molar-refractivity contribution >= 4 is 0 Å². The van der Waals surface area contributed by atoms with Gasteiger partial charge in [0.2, 0.25) is 0 Å². The molecule has 4 unspecified atom stereocenters. The molecule has 4 atom stereocenters. The van der Waals surface area contributed by atoms with E-state index < -0.39 is 0 Å². The second-order valence-corrected chi connectivity index (χ2v) is 13.6. The van der Waals surface area contributed by atoms with Gasteiger partial charge in [-0.3, -0.25) is 0 Å². The van der Waals surface area contributed by atoms with Crippen molar-refractivity contribution in [1.82, 2.24) is 0 Å². The van der Waals surface area contributed by atoms with Crippen molar-refractivity contribution in [3.05, 3.63) is 95.9 Å². The Kier molecular flexibility index (Phi) is 7.82. The van der Waals surface area contributed by atoms with E-state index in [9.17, 15) is 20.4 Å². The van der Waals surface area contributed by atoms with E-state index in [1.165, 1.54) is 0 Å². The number of aliphatic hydroxyl groups excluding tert-OH is 4. The molecule has 4 heteroatoms. The average molecular weight is 521 g/mol. The Hall–Kier alpha value is -2.88. The molecule has 0 amide bonds. The van der Waals surface area contributed by atoms with Crippen molar-refractivity contribution < 1.29 is 20.4 Å². The molecule has 4 aliphatic carbocycles. The van der Waals surface area contributed by atoms with Crippen LogP contribution in [-0.2, 0) is 0 Å². The topological polar surface area (TPSA) is 80.9 Å². The summed E-state index contributed by atoms with van der Waals surface area (Å²) < 4.78 is 0. The summed E-state index contributed by atoms with van der Waals surface area (Å²) in [6, 6.07) is 0. The Morgan fingerprint density at radius 2 is 0.632 bits per heavy atom. The van der Waals surface area contributed by atoms with Crippen LogP contribution >= 0.6 is 0 Å². The number of allylic oxidation sites excluding steroid dienone is 12. The zero-order valence-electron chi connectivity index (χ0n) is 24.5. The maximum Gasteiger partial charge on any atom is 0.111 e. The summed E-state index contributed by atoms with van der Waals surface area (Å²) in [4.78, 5) is 0. The lowest BCUT2D eigenvalue weighted by atomic mass is 9.50. The molecule has 0 aliphatic heterocycles. The summed E-state index contributed by atoms with van der Waals surface area (Å²) >= 11 is 0. The summed E-state index contributed by atoms with van der Waals surface area (Å²) in [6.07, 6.45) is 26.6. The maximum atomic E-state index is 9.53. The highest BCUT2D eigenvalue weighted by Crippen LogP contribution is 2.59. The number of hydrogen-bond donors (Lipinski definition) is 4. The van der Waals surface area contributed by atoms with E-state index in [1.54, 1.807) is 24.3 Å². The minimum absolute atomic E-state index is 0.00139. The molecule has 4 N–H and O–H groups in total. The molecule has 0 fully saturated rings. The largest absolute Gasteiger partial charge is 0.508 e. The van der Waals surface area contributed by atoms with Gasteiger partial charge in [0.05, 0.1) is 0 Å². The summed E-state index contributed by atoms with van der Waals surface area (Å²) in [5.74, 6) is 1.43. The van der Waals surface area contributed by atoms with Gasteiger partial charge in [-0.15, -0.1) is 0 Å². The molecule has 0 radical (unpaired) electrons. The lowest BCUT2D eigenvalue weighted by Gasteiger charge is -2.53. The molecule has 0 aromatic carbocycles. The molecular formula is C34H48O4. The Labute approximate surface area is 229 Å². The lowest BCUT2D eigenvalue weighted by molar-refractivity contribution is 0.0212. The van der Waals surface area contributed by atoms with Crippen LogP contribution in [0.25, 0.3) is 0 Å². The van der Waals surface area contributed by atoms with Crippen LogP contribution < -0.4 is 0 Å². The van der Waals surface area contributed by atoms with E-state index in [1.807, 2.05) is 24.3 Å². The van der Waals surface area contributed by atoms with Crippen LogP contribution in [0.3, 0.4) is 0 Å². The van der Waals surface area contributed by atoms with Crippen molar-refractivity contribution in [2.45, 2.75) is 81.1 Å². The molecule has 4 rings (SSSR count). The van der Waals surface area contributed by atoms with Crippen LogP contribution in [0.4, 0.5) is 0 Å². The number of aliphatic hydroxyl groups is 4. The van der Waals surface area contributed by atoms with Gasteiger partial charge in [0.1, 0.15) is 23.0 Å². The number of rotatable bonds is 4. The Morgan fingerprint density at radius 3 is 0.763 bits per heavy atom. The van der Waals surface area contributed by atoms with E-state index >= 15 is 0 Å². The fraction of sp³-hybridized carbons (Fsp3) is 0.529. The quantitative estimate of drug-likeness (QED) is 0.297. The van der Waals surface area contributed by atoms with Crippen LogP contribution in [0.5, 0.6) is 0 Å². The highest BCUT2D eigenvalue weighted by atomic mass is 16.3. The molecule has 0 aromatic heterocycles. The summed E-state index contributed by atoms with van der Waals surface area (Å²) in [5.41, 5.74) is -0.0563. The van der Waals surface area contributed by atoms with E-state index in [0.29, 0.717) is 23.0 Å². The third-order valence-electron chi connectivity index (χ3n) is 11.1. The lowest BCUT2D eigenvalue weighted by Crippen LogP contribution is -2.46. The second kappa shape index (κ2) is 10.0. The summed E-state index contributed by atoms with van der Waals surface area (Å²) in [7, 11) is 0. The van der Waals surface area contributed by atoms with E-state index in [4.69, 9.17) is 0 Å². The average Bonchev–Trinajstić information content (AvgIpc) is 2.87. The van der Waals surface area contributed by atoms with Crippen molar-refractivity contribution in [2.24, 2.45) is 32.5 Å². The first-order valence-corrected chi connectivity index (χ1v) is 13.7. The Balaban J connectivity index is 0.000000211. The fourth-order valence-electron chi connectivity index (χ4n) is 6.05. The molecule has 4 aliphatic rings. The molecule has 0 spiro atoms. The third kappa shape index (κ3) is 5.19. The molecule has 0 aromatic rings. The normalized spacial score (nSPS) is 34.9. The van der Waals surface area contributed by atoms with Crippen LogP contribution in [0.15, 0.2) is 95.9 Å². The van der Waals surface area contributed by atoms with Gasteiger partial charge in [0.25, 0.3) is 0 Å². The minimum Gasteiger partial charge on any atom is -0.508 e. The molecule has 38 heavy (non-hydrogen) atoms. The summed E-state index contributed by atoms with van der Waals surface area (Å²) in [5, 5.41) is 38.1. The highest BCUT2D eigenvalue weighted by molar-refractivity contribution is 5.30. The SMILES string of the molecule is CC1(C(C)(C)C2(C)C=CC(O)=CC2)C=CC(O)=CC1.CC1(C(C)(C)C2(C)C=CC(O)=CC2)C=CC(O)=CC1. The van der Waals surface area contributed by atoms with E-state index in [0.717, 1.165) is 25.7 Å². The minimum atomic E-state index is -0.0148. The van der Waals surface area contributed by atoms with Gasteiger partial charge in [0.15, 0.2) is 0 Å². The van der Waals surface area contributed by atoms with Crippen molar-refractivity contribution in [3.8, 4) is 0 Å². The van der Waals surface area contributed by atoms with Crippen molar-refractivity contribution in [3.63, 3.8) is 0 Å². The first-order chi connectivity index (χ1) is 17.4. The Bertz CT molecular complexity index is 991. The summed E-state index contributed by atoms with van der Waals surface area (Å²) in [6.45, 7) is 18.0. The smallest absolute Gasteiger partial charge is 0.111 e. The molecular weight excluding hydrogens is 472 g/mol. The van der Waals surface area contributed by atoms with Crippen LogP contribution in [0, 0.1) is 32.5 Å². The van der Waals surface area contributed by atoms with Gasteiger partial charge >= 0.3 is 0 Å². The van der Waals surface area contributed by atoms with E-state index in [-0.39, 0.29) is 32.5 Å². The first-order valence-electron chi connectivity index (χ1n) is 13.7. The maximum absolute atomic E-state index is 9.53. The van der Waals surface area contributed by atoms with Crippen LogP contribution in [0.2, 0.25) is 0 Å². The number of hydrogen-bond acceptors (Lipinski definition) is 4. The van der Waals surface area contributed by atoms with Gasteiger partial charge in [-0.1, -0.05) is 79.7 Å². The third-order valence-corrected chi connectivity index (χ3v) is 11.1. The first kappa shape index (κ1) is 29.7. The van der Waals surface area contributed by atoms with Gasteiger partial charge in [-0.05, 0) is 107 Å². The van der Waals surface area contributed by atoms with Gasteiger partial charge in [-0.25, -0.2) is 0 Å². The zero-order valence-corrected chi connectivity index (χ0v) is 24.5. The highest BCUT2D eigenvalue weighted by Gasteiger charge is 2.51. The molecule has 0 saturated heterocycles. The van der Waals surface area contributed by atoms with Gasteiger partial charge in [-0.2, -0.15) is 0 Å². The predicted molar refractivity (Wildman–Crippen MR) is 158 cm³/mol. The predicted octanol–water partition coefficient (Wildman–Crippen LogP) is 9.66. The van der Waals surface area contributed by atoms with E-state index in [2.05, 4.69) is 79.7 Å². The molecule has 0 bridgehead atoms. The monoisotopic (exact) mass is 520 g/mol. The second-order valence-electron chi connectivity index (χ2n) is 13.6. The molecule has 0 heterocycles. The molecule has 208 valence electrons. The standard InChI is InChI=1S/2C17H24O2/c2*1-15(2,16(3)9-5-13(18)6-10-16)17(4)11-7-14(19)8-12-17/h2*5-9,11,18-19H,10,12H2,1-4H3. The fourth-order valence-corrected chi connectivity index (χ4v) is 6.05. The van der Waals surface area contributed by atoms with Crippen LogP contribution in [-0.4, -0.2) is 20.4 Å². The molecule has 0 saturated carbocycles. The van der Waals surface area contributed by atoms with Crippen molar-refractivity contribution in [2.75, 3.05) is 0 Å². The molecule has 4 nitrogen and oxygen atoms in total. The Morgan fingerprint density at radius 1 is 0.447 bits per heavy atom. The van der Waals surface area contributed by atoms with Crippen molar-refractivity contribution in [1.29, 1.82) is 0 Å². The van der Waals surface area contributed by atoms with Gasteiger partial charge < -0.3 is 20.4 Å². The van der Waals surface area contributed by atoms with Gasteiger partial charge in [0, 0.05) is 0 Å². The van der Waals surface area contributed by atoms with Crippen LogP contribution in [0.1, 0.15) is 81.1 Å².